The van der Waals surface area contributed by atoms with Gasteiger partial charge in [0.25, 0.3) is 5.91 Å². The predicted octanol–water partition coefficient (Wildman–Crippen LogP) is 2.73. The molecular weight excluding hydrogens is 430 g/mol. The normalized spacial score (nSPS) is 18.9. The number of piperazine rings is 1. The highest BCUT2D eigenvalue weighted by Crippen LogP contribution is 2.37. The van der Waals surface area contributed by atoms with E-state index in [0.29, 0.717) is 40.8 Å². The van der Waals surface area contributed by atoms with Crippen molar-refractivity contribution < 1.29 is 14.3 Å². The van der Waals surface area contributed by atoms with E-state index in [1.807, 2.05) is 37.4 Å². The maximum atomic E-state index is 13.3. The van der Waals surface area contributed by atoms with Crippen molar-refractivity contribution >= 4 is 40.3 Å². The fraction of sp³-hybridized carbons (Fsp3) is 0.304. The third kappa shape index (κ3) is 3.81. The van der Waals surface area contributed by atoms with E-state index in [4.69, 9.17) is 16.3 Å². The molecule has 3 aromatic rings. The van der Waals surface area contributed by atoms with E-state index < -0.39 is 6.23 Å². The summed E-state index contributed by atoms with van der Waals surface area (Å²) in [6, 6.07) is 14.4. The number of pyridine rings is 2. The van der Waals surface area contributed by atoms with Crippen LogP contribution >= 0.6 is 11.6 Å². The zero-order valence-electron chi connectivity index (χ0n) is 17.6. The molecule has 2 aromatic heterocycles. The Hall–Kier alpha value is -3.07. The van der Waals surface area contributed by atoms with E-state index in [0.717, 1.165) is 18.5 Å². The number of rotatable bonds is 4. The Kier molecular flexibility index (Phi) is 5.50. The summed E-state index contributed by atoms with van der Waals surface area (Å²) in [6.07, 6.45) is -0.751. The molecule has 2 aliphatic heterocycles. The Morgan fingerprint density at radius 3 is 2.62 bits per heavy atom. The first-order valence-corrected chi connectivity index (χ1v) is 10.8. The number of benzene rings is 1. The number of ether oxygens (including phenoxy) is 1. The number of amides is 2. The summed E-state index contributed by atoms with van der Waals surface area (Å²) in [5.41, 5.74) is 1.68. The molecule has 0 N–H and O–H groups in total. The molecule has 1 atom stereocenters. The second kappa shape index (κ2) is 8.46. The topological polar surface area (TPSA) is 78.9 Å². The molecule has 1 saturated heterocycles. The maximum Gasteiger partial charge on any atom is 0.262 e. The number of aromatic nitrogens is 2. The van der Waals surface area contributed by atoms with Crippen molar-refractivity contribution in [2.24, 2.45) is 0 Å². The quantitative estimate of drug-likeness (QED) is 0.567. The lowest BCUT2D eigenvalue weighted by Gasteiger charge is -2.33. The fourth-order valence-corrected chi connectivity index (χ4v) is 4.21. The van der Waals surface area contributed by atoms with Gasteiger partial charge in [0.1, 0.15) is 17.6 Å². The van der Waals surface area contributed by atoms with Gasteiger partial charge in [0.2, 0.25) is 5.91 Å². The van der Waals surface area contributed by atoms with Gasteiger partial charge < -0.3 is 14.5 Å². The zero-order chi connectivity index (χ0) is 22.2. The Bertz CT molecular complexity index is 1200. The summed E-state index contributed by atoms with van der Waals surface area (Å²) in [6.45, 7) is 2.88. The highest BCUT2D eigenvalue weighted by molar-refractivity contribution is 6.29. The standard InChI is InChI=1S/C23H22ClN5O3/c1-27-10-12-28(13-11-27)20(30)14-32-23-17-5-3-2-4-16(17)22(31)29(23)19-9-7-15-6-8-18(24)25-21(15)26-19/h2-9,23H,10-14H2,1H3. The smallest absolute Gasteiger partial charge is 0.262 e. The molecule has 0 saturated carbocycles. The molecular formula is C23H22ClN5O3. The Labute approximate surface area is 190 Å². The van der Waals surface area contributed by atoms with Gasteiger partial charge in [0, 0.05) is 42.7 Å². The second-order valence-corrected chi connectivity index (χ2v) is 8.35. The molecule has 0 bridgehead atoms. The number of anilines is 1. The number of hydrogen-bond donors (Lipinski definition) is 0. The van der Waals surface area contributed by atoms with Crippen molar-refractivity contribution in [3.63, 3.8) is 0 Å². The zero-order valence-corrected chi connectivity index (χ0v) is 18.3. The van der Waals surface area contributed by atoms with E-state index >= 15 is 0 Å². The van der Waals surface area contributed by atoms with Crippen LogP contribution in [-0.4, -0.2) is 71.4 Å². The highest BCUT2D eigenvalue weighted by atomic mass is 35.5. The van der Waals surface area contributed by atoms with Crippen LogP contribution in [0.25, 0.3) is 11.0 Å². The molecule has 0 radical (unpaired) electrons. The first-order valence-electron chi connectivity index (χ1n) is 10.4. The lowest BCUT2D eigenvalue weighted by atomic mass is 10.1. The van der Waals surface area contributed by atoms with Crippen LogP contribution in [0.15, 0.2) is 48.5 Å². The second-order valence-electron chi connectivity index (χ2n) is 7.96. The van der Waals surface area contributed by atoms with Crippen molar-refractivity contribution in [3.05, 3.63) is 64.8 Å². The number of carbonyl (C=O) groups excluding carboxylic acids is 2. The average Bonchev–Trinajstić information content (AvgIpc) is 3.09. The van der Waals surface area contributed by atoms with E-state index in [9.17, 15) is 9.59 Å². The largest absolute Gasteiger partial charge is 0.344 e. The van der Waals surface area contributed by atoms with Crippen LogP contribution in [0.3, 0.4) is 0 Å². The van der Waals surface area contributed by atoms with E-state index in [1.54, 1.807) is 23.1 Å². The van der Waals surface area contributed by atoms with Crippen LogP contribution in [-0.2, 0) is 9.53 Å². The van der Waals surface area contributed by atoms with Crippen LogP contribution in [0.4, 0.5) is 5.82 Å². The van der Waals surface area contributed by atoms with Gasteiger partial charge in [-0.2, -0.15) is 0 Å². The lowest BCUT2D eigenvalue weighted by Crippen LogP contribution is -2.48. The van der Waals surface area contributed by atoms with Gasteiger partial charge in [-0.25, -0.2) is 9.97 Å². The van der Waals surface area contributed by atoms with Gasteiger partial charge in [0.05, 0.1) is 0 Å². The predicted molar refractivity (Wildman–Crippen MR) is 121 cm³/mol. The Balaban J connectivity index is 1.43. The number of nitrogens with zero attached hydrogens (tertiary/aromatic N) is 5. The first-order chi connectivity index (χ1) is 15.5. The van der Waals surface area contributed by atoms with Crippen molar-refractivity contribution in [1.82, 2.24) is 19.8 Å². The summed E-state index contributed by atoms with van der Waals surface area (Å²) in [4.78, 5) is 40.3. The SMILES string of the molecule is CN1CCN(C(=O)COC2c3ccccc3C(=O)N2c2ccc3ccc(Cl)nc3n2)CC1. The Morgan fingerprint density at radius 1 is 1.06 bits per heavy atom. The van der Waals surface area contributed by atoms with Crippen LogP contribution in [0.5, 0.6) is 0 Å². The average molecular weight is 452 g/mol. The van der Waals surface area contributed by atoms with Gasteiger partial charge >= 0.3 is 0 Å². The van der Waals surface area contributed by atoms with Crippen LogP contribution in [0.1, 0.15) is 22.1 Å². The molecule has 1 aromatic carbocycles. The van der Waals surface area contributed by atoms with Gasteiger partial charge in [-0.1, -0.05) is 29.8 Å². The summed E-state index contributed by atoms with van der Waals surface area (Å²) in [5.74, 6) is 0.0758. The number of fused-ring (bicyclic) bond motifs is 2. The van der Waals surface area contributed by atoms with E-state index in [1.165, 1.54) is 4.90 Å². The lowest BCUT2D eigenvalue weighted by molar-refractivity contribution is -0.139. The number of halogens is 1. The van der Waals surface area contributed by atoms with Crippen molar-refractivity contribution in [2.45, 2.75) is 6.23 Å². The van der Waals surface area contributed by atoms with Crippen molar-refractivity contribution in [2.75, 3.05) is 44.7 Å². The van der Waals surface area contributed by atoms with Crippen molar-refractivity contribution in [3.8, 4) is 0 Å². The molecule has 2 aliphatic rings. The van der Waals surface area contributed by atoms with Crippen LogP contribution in [0, 0.1) is 0 Å². The highest BCUT2D eigenvalue weighted by Gasteiger charge is 2.39. The minimum absolute atomic E-state index is 0.0881. The summed E-state index contributed by atoms with van der Waals surface area (Å²) < 4.78 is 6.06. The minimum atomic E-state index is -0.751. The third-order valence-electron chi connectivity index (χ3n) is 5.88. The van der Waals surface area contributed by atoms with Gasteiger partial charge in [-0.05, 0) is 37.4 Å². The minimum Gasteiger partial charge on any atom is -0.344 e. The molecule has 0 spiro atoms. The molecule has 0 aliphatic carbocycles. The molecule has 8 nitrogen and oxygen atoms in total. The maximum absolute atomic E-state index is 13.3. The van der Waals surface area contributed by atoms with Crippen LogP contribution < -0.4 is 4.90 Å². The first kappa shape index (κ1) is 20.8. The Morgan fingerprint density at radius 2 is 1.81 bits per heavy atom. The number of likely N-dealkylation sites (N-methyl/N-ethyl adjacent to an activating group) is 1. The van der Waals surface area contributed by atoms with Gasteiger partial charge in [0.15, 0.2) is 11.9 Å². The molecule has 1 fully saturated rings. The molecule has 2 amide bonds. The fourth-order valence-electron chi connectivity index (χ4n) is 4.07. The summed E-state index contributed by atoms with van der Waals surface area (Å²) in [7, 11) is 2.04. The summed E-state index contributed by atoms with van der Waals surface area (Å²) >= 11 is 6.03. The molecule has 9 heteroatoms. The van der Waals surface area contributed by atoms with Gasteiger partial charge in [-0.15, -0.1) is 0 Å². The van der Waals surface area contributed by atoms with Gasteiger partial charge in [-0.3, -0.25) is 14.5 Å². The monoisotopic (exact) mass is 451 g/mol. The van der Waals surface area contributed by atoms with Crippen LogP contribution in [0.2, 0.25) is 5.15 Å². The molecule has 4 heterocycles. The molecule has 1 unspecified atom stereocenters. The summed E-state index contributed by atoms with van der Waals surface area (Å²) in [5, 5.41) is 1.13. The third-order valence-corrected chi connectivity index (χ3v) is 6.09. The molecule has 164 valence electrons. The van der Waals surface area contributed by atoms with E-state index in [2.05, 4.69) is 14.9 Å². The molecule has 5 rings (SSSR count). The van der Waals surface area contributed by atoms with E-state index in [-0.39, 0.29) is 18.4 Å². The molecule has 32 heavy (non-hydrogen) atoms. The van der Waals surface area contributed by atoms with Crippen molar-refractivity contribution in [1.29, 1.82) is 0 Å². The number of hydrogen-bond acceptors (Lipinski definition) is 6. The number of carbonyl (C=O) groups is 2.